The molecule has 4 heterocycles. The molecule has 2 aromatic heterocycles. The average Bonchev–Trinajstić information content (AvgIpc) is 3.10. The average molecular weight is 442 g/mol. The predicted molar refractivity (Wildman–Crippen MR) is 117 cm³/mol. The van der Waals surface area contributed by atoms with Crippen molar-refractivity contribution in [1.82, 2.24) is 4.90 Å². The molecular formula is C22H21N2O4S2+. The smallest absolute Gasteiger partial charge is 0.352 e. The molecule has 0 amide bonds. The van der Waals surface area contributed by atoms with Crippen molar-refractivity contribution < 1.29 is 24.4 Å². The summed E-state index contributed by atoms with van der Waals surface area (Å²) in [7, 11) is 0. The second kappa shape index (κ2) is 8.12. The van der Waals surface area contributed by atoms with Gasteiger partial charge in [0.2, 0.25) is 0 Å². The molecule has 1 fully saturated rings. The highest BCUT2D eigenvalue weighted by Gasteiger charge is 2.40. The first kappa shape index (κ1) is 20.4. The molecule has 0 aliphatic carbocycles. The lowest BCUT2D eigenvalue weighted by Crippen LogP contribution is -2.47. The number of aromatic carboxylic acids is 1. The molecule has 0 spiro atoms. The second-order valence-electron chi connectivity index (χ2n) is 7.16. The lowest BCUT2D eigenvalue weighted by Gasteiger charge is -2.47. The number of carboxylic acid groups (broad SMARTS) is 2. The van der Waals surface area contributed by atoms with Gasteiger partial charge in [-0.1, -0.05) is 12.7 Å². The minimum atomic E-state index is -0.912. The standard InChI is InChI=1S/C22H20N2O4S2/c1-13-10-19-24(13)20(22(27)28)16(12-29-19)4-3-7-23-8-5-15(6-9-23)17-11-18(21(25)26)30-14(17)2/h3-6,8-9,11,19H,1,7,10,12H2,2H3,(H-,25,26,27,28)/p+1/b4-3+/t19-/m1/s1. The van der Waals surface area contributed by atoms with Crippen molar-refractivity contribution in [3.63, 3.8) is 0 Å². The fourth-order valence-electron chi connectivity index (χ4n) is 3.64. The summed E-state index contributed by atoms with van der Waals surface area (Å²) in [5.41, 5.74) is 3.90. The molecular weight excluding hydrogens is 420 g/mol. The number of thioether (sulfide) groups is 1. The van der Waals surface area contributed by atoms with E-state index in [0.717, 1.165) is 33.7 Å². The van der Waals surface area contributed by atoms with E-state index in [1.807, 2.05) is 53.1 Å². The Hall–Kier alpha value is -2.84. The zero-order valence-corrected chi connectivity index (χ0v) is 18.0. The van der Waals surface area contributed by atoms with Gasteiger partial charge in [0.05, 0.1) is 5.37 Å². The topological polar surface area (TPSA) is 81.7 Å². The first-order valence-corrected chi connectivity index (χ1v) is 11.3. The summed E-state index contributed by atoms with van der Waals surface area (Å²) in [5, 5.41) is 19.0. The summed E-state index contributed by atoms with van der Waals surface area (Å²) in [6.07, 6.45) is 8.57. The monoisotopic (exact) mass is 441 g/mol. The Labute approximate surface area is 182 Å². The largest absolute Gasteiger partial charge is 0.477 e. The highest BCUT2D eigenvalue weighted by molar-refractivity contribution is 8.00. The third-order valence-electron chi connectivity index (χ3n) is 5.18. The Kier molecular flexibility index (Phi) is 5.53. The van der Waals surface area contributed by atoms with Crippen LogP contribution in [0.5, 0.6) is 0 Å². The molecule has 154 valence electrons. The Balaban J connectivity index is 1.48. The van der Waals surface area contributed by atoms with Gasteiger partial charge >= 0.3 is 11.9 Å². The van der Waals surface area contributed by atoms with Crippen LogP contribution in [-0.2, 0) is 11.3 Å². The fraction of sp³-hybridized carbons (Fsp3) is 0.227. The van der Waals surface area contributed by atoms with E-state index in [0.29, 0.717) is 22.9 Å². The van der Waals surface area contributed by atoms with Crippen LogP contribution >= 0.6 is 23.1 Å². The van der Waals surface area contributed by atoms with Gasteiger partial charge < -0.3 is 15.1 Å². The molecule has 2 aromatic rings. The number of thiophene rings is 1. The molecule has 0 aromatic carbocycles. The Morgan fingerprint density at radius 1 is 1.30 bits per heavy atom. The molecule has 0 unspecified atom stereocenters. The van der Waals surface area contributed by atoms with E-state index in [9.17, 15) is 14.7 Å². The van der Waals surface area contributed by atoms with Crippen LogP contribution in [0.15, 0.2) is 66.3 Å². The molecule has 0 radical (unpaired) electrons. The normalized spacial score (nSPS) is 18.5. The van der Waals surface area contributed by atoms with Gasteiger partial charge in [0.1, 0.15) is 10.6 Å². The summed E-state index contributed by atoms with van der Waals surface area (Å²) < 4.78 is 1.99. The van der Waals surface area contributed by atoms with E-state index in [2.05, 4.69) is 6.58 Å². The minimum absolute atomic E-state index is 0.199. The number of rotatable bonds is 6. The molecule has 1 atom stereocenters. The Bertz CT molecular complexity index is 1100. The first-order chi connectivity index (χ1) is 14.3. The number of pyridine rings is 1. The van der Waals surface area contributed by atoms with Crippen LogP contribution in [-0.4, -0.2) is 38.2 Å². The van der Waals surface area contributed by atoms with Gasteiger partial charge in [-0.05, 0) is 35.8 Å². The lowest BCUT2D eigenvalue weighted by atomic mass is 10.1. The van der Waals surface area contributed by atoms with Crippen molar-refractivity contribution in [2.45, 2.75) is 25.3 Å². The third kappa shape index (κ3) is 3.80. The first-order valence-electron chi connectivity index (χ1n) is 9.40. The molecule has 8 heteroatoms. The molecule has 2 aliphatic heterocycles. The second-order valence-corrected chi connectivity index (χ2v) is 9.58. The van der Waals surface area contributed by atoms with Crippen LogP contribution < -0.4 is 4.57 Å². The molecule has 1 saturated heterocycles. The van der Waals surface area contributed by atoms with Crippen molar-refractivity contribution in [3.05, 3.63) is 76.0 Å². The summed E-state index contributed by atoms with van der Waals surface area (Å²) in [4.78, 5) is 26.1. The third-order valence-corrected chi connectivity index (χ3v) is 7.46. The zero-order chi connectivity index (χ0) is 21.4. The van der Waals surface area contributed by atoms with Gasteiger partial charge in [-0.25, -0.2) is 14.2 Å². The predicted octanol–water partition coefficient (Wildman–Crippen LogP) is 3.90. The summed E-state index contributed by atoms with van der Waals surface area (Å²) in [6, 6.07) is 5.63. The van der Waals surface area contributed by atoms with E-state index in [-0.39, 0.29) is 5.37 Å². The number of carbonyl (C=O) groups is 2. The molecule has 0 saturated carbocycles. The van der Waals surface area contributed by atoms with E-state index in [1.54, 1.807) is 17.8 Å². The van der Waals surface area contributed by atoms with Crippen molar-refractivity contribution in [2.24, 2.45) is 0 Å². The van der Waals surface area contributed by atoms with Crippen molar-refractivity contribution in [3.8, 4) is 11.1 Å². The molecule has 2 aliphatic rings. The summed E-state index contributed by atoms with van der Waals surface area (Å²) in [6.45, 7) is 6.47. The maximum atomic E-state index is 11.8. The molecule has 4 rings (SSSR count). The maximum absolute atomic E-state index is 11.8. The van der Waals surface area contributed by atoms with Gasteiger partial charge in [-0.15, -0.1) is 23.1 Å². The minimum Gasteiger partial charge on any atom is -0.477 e. The molecule has 30 heavy (non-hydrogen) atoms. The number of hydrogen-bond donors (Lipinski definition) is 2. The highest BCUT2D eigenvalue weighted by Crippen LogP contribution is 2.44. The maximum Gasteiger partial charge on any atom is 0.352 e. The number of hydrogen-bond acceptors (Lipinski definition) is 5. The van der Waals surface area contributed by atoms with Crippen LogP contribution in [0.1, 0.15) is 21.0 Å². The quantitative estimate of drug-likeness (QED) is 0.662. The van der Waals surface area contributed by atoms with Crippen LogP contribution in [0.25, 0.3) is 11.1 Å². The van der Waals surface area contributed by atoms with E-state index in [1.165, 1.54) is 11.3 Å². The van der Waals surface area contributed by atoms with Gasteiger partial charge in [0.15, 0.2) is 18.9 Å². The number of allylic oxidation sites excluding steroid dienone is 2. The summed E-state index contributed by atoms with van der Waals surface area (Å²) >= 11 is 3.02. The van der Waals surface area contributed by atoms with Crippen LogP contribution in [0.4, 0.5) is 0 Å². The Morgan fingerprint density at radius 3 is 2.63 bits per heavy atom. The number of carboxylic acids is 2. The molecule has 0 bridgehead atoms. The lowest BCUT2D eigenvalue weighted by molar-refractivity contribution is -0.686. The van der Waals surface area contributed by atoms with Gasteiger partial charge in [-0.3, -0.25) is 0 Å². The van der Waals surface area contributed by atoms with Gasteiger partial charge in [0, 0.05) is 34.9 Å². The number of aryl methyl sites for hydroxylation is 1. The van der Waals surface area contributed by atoms with Gasteiger partial charge in [0.25, 0.3) is 0 Å². The summed E-state index contributed by atoms with van der Waals surface area (Å²) in [5.74, 6) is -1.14. The Morgan fingerprint density at radius 2 is 2.03 bits per heavy atom. The van der Waals surface area contributed by atoms with E-state index in [4.69, 9.17) is 5.11 Å². The SMILES string of the molecule is C=C1C[C@H]2SCC(/C=C/C[n+]3ccc(-c4cc(C(=O)O)sc4C)cc3)=C(C(=O)O)N12. The fourth-order valence-corrected chi connectivity index (χ4v) is 5.84. The number of aliphatic carboxylic acids is 1. The van der Waals surface area contributed by atoms with Crippen molar-refractivity contribution >= 4 is 35.0 Å². The van der Waals surface area contributed by atoms with Crippen molar-refractivity contribution in [1.29, 1.82) is 0 Å². The zero-order valence-electron chi connectivity index (χ0n) is 16.4. The molecule has 6 nitrogen and oxygen atoms in total. The van der Waals surface area contributed by atoms with Crippen molar-refractivity contribution in [2.75, 3.05) is 5.75 Å². The van der Waals surface area contributed by atoms with Gasteiger partial charge in [-0.2, -0.15) is 0 Å². The number of nitrogens with zero attached hydrogens (tertiary/aromatic N) is 2. The van der Waals surface area contributed by atoms with E-state index < -0.39 is 11.9 Å². The highest BCUT2D eigenvalue weighted by atomic mass is 32.2. The number of aromatic nitrogens is 1. The van der Waals surface area contributed by atoms with Crippen LogP contribution in [0.2, 0.25) is 0 Å². The van der Waals surface area contributed by atoms with Crippen LogP contribution in [0, 0.1) is 6.92 Å². The number of fused-ring (bicyclic) bond motifs is 1. The van der Waals surface area contributed by atoms with Crippen LogP contribution in [0.3, 0.4) is 0 Å². The molecule has 2 N–H and O–H groups in total. The van der Waals surface area contributed by atoms with E-state index >= 15 is 0 Å².